The van der Waals surface area contributed by atoms with Crippen LogP contribution in [0.1, 0.15) is 18.4 Å². The van der Waals surface area contributed by atoms with E-state index in [1.807, 2.05) is 0 Å². The maximum absolute atomic E-state index is 6.15. The normalized spacial score (nSPS) is 34.2. The molecule has 2 N–H and O–H groups in total. The summed E-state index contributed by atoms with van der Waals surface area (Å²) in [5, 5.41) is 0. The smallest absolute Gasteiger partial charge is 0.0233 e. The fourth-order valence-corrected chi connectivity index (χ4v) is 3.37. The van der Waals surface area contributed by atoms with E-state index in [1.54, 1.807) is 0 Å². The van der Waals surface area contributed by atoms with Crippen molar-refractivity contribution in [3.63, 3.8) is 0 Å². The van der Waals surface area contributed by atoms with Crippen LogP contribution in [0, 0.1) is 11.8 Å². The molecule has 0 spiro atoms. The van der Waals surface area contributed by atoms with Crippen molar-refractivity contribution in [1.82, 2.24) is 4.90 Å². The van der Waals surface area contributed by atoms with Gasteiger partial charge in [0.2, 0.25) is 0 Å². The molecule has 3 unspecified atom stereocenters. The maximum Gasteiger partial charge on any atom is 0.0233 e. The van der Waals surface area contributed by atoms with E-state index in [4.69, 9.17) is 5.73 Å². The SMILES string of the molecule is NC1CCC2CN(Cc3ccccc3)CC12. The van der Waals surface area contributed by atoms with Gasteiger partial charge in [-0.2, -0.15) is 0 Å². The number of rotatable bonds is 2. The van der Waals surface area contributed by atoms with E-state index in [0.29, 0.717) is 6.04 Å². The lowest BCUT2D eigenvalue weighted by Gasteiger charge is -2.18. The molecule has 3 atom stereocenters. The molecule has 1 aromatic rings. The molecule has 1 aliphatic heterocycles. The Balaban J connectivity index is 1.63. The van der Waals surface area contributed by atoms with Crippen LogP contribution in [-0.4, -0.2) is 24.0 Å². The third kappa shape index (κ3) is 1.87. The summed E-state index contributed by atoms with van der Waals surface area (Å²) < 4.78 is 0. The van der Waals surface area contributed by atoms with Gasteiger partial charge in [0.25, 0.3) is 0 Å². The molecule has 2 nitrogen and oxygen atoms in total. The van der Waals surface area contributed by atoms with Gasteiger partial charge in [-0.25, -0.2) is 0 Å². The molecule has 1 aliphatic carbocycles. The van der Waals surface area contributed by atoms with Crippen LogP contribution >= 0.6 is 0 Å². The number of fused-ring (bicyclic) bond motifs is 1. The van der Waals surface area contributed by atoms with Gasteiger partial charge in [-0.05, 0) is 30.2 Å². The lowest BCUT2D eigenvalue weighted by Crippen LogP contribution is -2.30. The molecule has 0 bridgehead atoms. The zero-order valence-electron chi connectivity index (χ0n) is 9.68. The van der Waals surface area contributed by atoms with Crippen molar-refractivity contribution in [1.29, 1.82) is 0 Å². The molecule has 2 aliphatic rings. The Morgan fingerprint density at radius 1 is 1.12 bits per heavy atom. The number of benzene rings is 1. The topological polar surface area (TPSA) is 29.3 Å². The Bertz CT molecular complexity index is 349. The van der Waals surface area contributed by atoms with Crippen molar-refractivity contribution in [3.8, 4) is 0 Å². The molecule has 16 heavy (non-hydrogen) atoms. The largest absolute Gasteiger partial charge is 0.327 e. The van der Waals surface area contributed by atoms with Gasteiger partial charge in [0.15, 0.2) is 0 Å². The number of likely N-dealkylation sites (tertiary alicyclic amines) is 1. The van der Waals surface area contributed by atoms with Gasteiger partial charge in [-0.1, -0.05) is 30.3 Å². The lowest BCUT2D eigenvalue weighted by atomic mass is 9.98. The number of nitrogens with two attached hydrogens (primary N) is 1. The van der Waals surface area contributed by atoms with Gasteiger partial charge < -0.3 is 5.73 Å². The Morgan fingerprint density at radius 3 is 2.69 bits per heavy atom. The number of hydrogen-bond donors (Lipinski definition) is 1. The second-order valence-electron chi connectivity index (χ2n) is 5.34. The van der Waals surface area contributed by atoms with E-state index >= 15 is 0 Å². The van der Waals surface area contributed by atoms with E-state index in [2.05, 4.69) is 35.2 Å². The monoisotopic (exact) mass is 216 g/mol. The first-order valence-corrected chi connectivity index (χ1v) is 6.35. The first kappa shape index (κ1) is 10.3. The highest BCUT2D eigenvalue weighted by molar-refractivity contribution is 5.15. The molecule has 1 heterocycles. The summed E-state index contributed by atoms with van der Waals surface area (Å²) in [6.45, 7) is 3.56. The van der Waals surface area contributed by atoms with E-state index in [-0.39, 0.29) is 0 Å². The van der Waals surface area contributed by atoms with Crippen LogP contribution in [-0.2, 0) is 6.54 Å². The first-order chi connectivity index (χ1) is 7.83. The highest BCUT2D eigenvalue weighted by Crippen LogP contribution is 2.37. The predicted molar refractivity (Wildman–Crippen MR) is 65.9 cm³/mol. The van der Waals surface area contributed by atoms with Crippen LogP contribution in [0.15, 0.2) is 30.3 Å². The van der Waals surface area contributed by atoms with Crippen LogP contribution in [0.5, 0.6) is 0 Å². The molecule has 2 fully saturated rings. The summed E-state index contributed by atoms with van der Waals surface area (Å²) in [7, 11) is 0. The van der Waals surface area contributed by atoms with Crippen molar-refractivity contribution >= 4 is 0 Å². The Kier molecular flexibility index (Phi) is 2.70. The fraction of sp³-hybridized carbons (Fsp3) is 0.571. The zero-order chi connectivity index (χ0) is 11.0. The molecule has 0 amide bonds. The van der Waals surface area contributed by atoms with Crippen molar-refractivity contribution in [2.75, 3.05) is 13.1 Å². The van der Waals surface area contributed by atoms with Gasteiger partial charge in [0.05, 0.1) is 0 Å². The lowest BCUT2D eigenvalue weighted by molar-refractivity contribution is 0.298. The molecule has 3 rings (SSSR count). The number of nitrogens with zero attached hydrogens (tertiary/aromatic N) is 1. The number of hydrogen-bond acceptors (Lipinski definition) is 2. The fourth-order valence-electron chi connectivity index (χ4n) is 3.37. The van der Waals surface area contributed by atoms with Gasteiger partial charge >= 0.3 is 0 Å². The van der Waals surface area contributed by atoms with E-state index in [0.717, 1.165) is 18.4 Å². The highest BCUT2D eigenvalue weighted by Gasteiger charge is 2.40. The van der Waals surface area contributed by atoms with Gasteiger partial charge in [-0.3, -0.25) is 4.90 Å². The van der Waals surface area contributed by atoms with Gasteiger partial charge in [0.1, 0.15) is 0 Å². The van der Waals surface area contributed by atoms with Crippen LogP contribution < -0.4 is 5.73 Å². The van der Waals surface area contributed by atoms with E-state index in [9.17, 15) is 0 Å². The highest BCUT2D eigenvalue weighted by atomic mass is 15.2. The quantitative estimate of drug-likeness (QED) is 0.817. The third-order valence-corrected chi connectivity index (χ3v) is 4.24. The minimum absolute atomic E-state index is 0.464. The molecule has 1 aromatic carbocycles. The first-order valence-electron chi connectivity index (χ1n) is 6.35. The summed E-state index contributed by atoms with van der Waals surface area (Å²) in [6.07, 6.45) is 2.59. The molecule has 0 aromatic heterocycles. The average Bonchev–Trinajstić information content (AvgIpc) is 2.83. The molecular formula is C14H20N2. The minimum Gasteiger partial charge on any atom is -0.327 e. The molecular weight excluding hydrogens is 196 g/mol. The van der Waals surface area contributed by atoms with Gasteiger partial charge in [-0.15, -0.1) is 0 Å². The predicted octanol–water partition coefficient (Wildman–Crippen LogP) is 1.86. The summed E-state index contributed by atoms with van der Waals surface area (Å²) in [6, 6.07) is 11.2. The molecule has 2 heteroatoms. The van der Waals surface area contributed by atoms with Crippen LogP contribution in [0.3, 0.4) is 0 Å². The molecule has 86 valence electrons. The zero-order valence-corrected chi connectivity index (χ0v) is 9.68. The molecule has 1 saturated carbocycles. The Hall–Kier alpha value is -0.860. The van der Waals surface area contributed by atoms with Crippen LogP contribution in [0.25, 0.3) is 0 Å². The maximum atomic E-state index is 6.15. The standard InChI is InChI=1S/C14H20N2/c15-14-7-6-12-9-16(10-13(12)14)8-11-4-2-1-3-5-11/h1-5,12-14H,6-10,15H2. The second kappa shape index (κ2) is 4.19. The van der Waals surface area contributed by atoms with Crippen molar-refractivity contribution < 1.29 is 0 Å². The van der Waals surface area contributed by atoms with E-state index < -0.39 is 0 Å². The van der Waals surface area contributed by atoms with Crippen LogP contribution in [0.2, 0.25) is 0 Å². The van der Waals surface area contributed by atoms with Crippen molar-refractivity contribution in [2.45, 2.75) is 25.4 Å². The molecule has 1 saturated heterocycles. The van der Waals surface area contributed by atoms with Gasteiger partial charge in [0, 0.05) is 25.7 Å². The van der Waals surface area contributed by atoms with Crippen LogP contribution in [0.4, 0.5) is 0 Å². The van der Waals surface area contributed by atoms with Crippen molar-refractivity contribution in [2.24, 2.45) is 17.6 Å². The summed E-state index contributed by atoms with van der Waals surface area (Å²) in [5.74, 6) is 1.64. The summed E-state index contributed by atoms with van der Waals surface area (Å²) in [4.78, 5) is 2.57. The van der Waals surface area contributed by atoms with Crippen molar-refractivity contribution in [3.05, 3.63) is 35.9 Å². The summed E-state index contributed by atoms with van der Waals surface area (Å²) in [5.41, 5.74) is 7.58. The van der Waals surface area contributed by atoms with E-state index in [1.165, 1.54) is 31.5 Å². The summed E-state index contributed by atoms with van der Waals surface area (Å²) >= 11 is 0. The second-order valence-corrected chi connectivity index (χ2v) is 5.34. The molecule has 0 radical (unpaired) electrons. The minimum atomic E-state index is 0.464. The Morgan fingerprint density at radius 2 is 1.94 bits per heavy atom. The average molecular weight is 216 g/mol. The Labute approximate surface area is 97.4 Å². The third-order valence-electron chi connectivity index (χ3n) is 4.24.